The van der Waals surface area contributed by atoms with E-state index in [1.54, 1.807) is 21.3 Å². The average molecular weight is 536 g/mol. The molecule has 0 spiro atoms. The molecule has 1 saturated carbocycles. The zero-order valence-electron chi connectivity index (χ0n) is 23.7. The first kappa shape index (κ1) is 27.3. The topological polar surface area (TPSA) is 71.6 Å². The molecule has 39 heavy (non-hydrogen) atoms. The van der Waals surface area contributed by atoms with Gasteiger partial charge in [-0.25, -0.2) is 0 Å². The van der Waals surface area contributed by atoms with Crippen LogP contribution in [0.4, 0.5) is 0 Å². The average Bonchev–Trinajstić information content (AvgIpc) is 3.52. The third-order valence-electron chi connectivity index (χ3n) is 8.66. The Kier molecular flexibility index (Phi) is 8.31. The van der Waals surface area contributed by atoms with E-state index in [1.165, 1.54) is 25.7 Å². The number of fused-ring (bicyclic) bond motifs is 1. The zero-order chi connectivity index (χ0) is 27.5. The number of benzene rings is 2. The summed E-state index contributed by atoms with van der Waals surface area (Å²) in [5.41, 5.74) is 2.19. The molecule has 0 radical (unpaired) electrons. The van der Waals surface area contributed by atoms with Crippen molar-refractivity contribution in [2.24, 2.45) is 0 Å². The Morgan fingerprint density at radius 2 is 1.56 bits per heavy atom. The van der Waals surface area contributed by atoms with Crippen molar-refractivity contribution in [1.29, 1.82) is 0 Å². The van der Waals surface area contributed by atoms with Crippen LogP contribution in [0.1, 0.15) is 72.5 Å². The molecule has 8 heteroatoms. The summed E-state index contributed by atoms with van der Waals surface area (Å²) in [6.45, 7) is 5.80. The SMILES string of the molecule is CCCN1C(=O)c2ccccc2[C@@H](C(=O)N2CCN(C3CCCC3)CC2)[C@H]1c1cc(OC)c(OC)c(OC)c1. The van der Waals surface area contributed by atoms with Gasteiger partial charge in [-0.1, -0.05) is 38.0 Å². The van der Waals surface area contributed by atoms with Crippen molar-refractivity contribution >= 4 is 11.8 Å². The van der Waals surface area contributed by atoms with Gasteiger partial charge < -0.3 is 24.0 Å². The normalized spacial score (nSPS) is 22.1. The first-order valence-electron chi connectivity index (χ1n) is 14.2. The molecule has 8 nitrogen and oxygen atoms in total. The molecule has 2 atom stereocenters. The summed E-state index contributed by atoms with van der Waals surface area (Å²) in [7, 11) is 4.73. The molecule has 2 fully saturated rings. The van der Waals surface area contributed by atoms with Crippen molar-refractivity contribution < 1.29 is 23.8 Å². The predicted octanol–water partition coefficient (Wildman–Crippen LogP) is 4.49. The molecular formula is C31H41N3O5. The molecule has 0 bridgehead atoms. The summed E-state index contributed by atoms with van der Waals surface area (Å²) in [5.74, 6) is 0.977. The minimum Gasteiger partial charge on any atom is -0.493 e. The van der Waals surface area contributed by atoms with Gasteiger partial charge in [-0.2, -0.15) is 0 Å². The minimum absolute atomic E-state index is 0.0543. The zero-order valence-corrected chi connectivity index (χ0v) is 23.7. The molecule has 5 rings (SSSR count). The number of methoxy groups -OCH3 is 3. The van der Waals surface area contributed by atoms with E-state index in [-0.39, 0.29) is 11.8 Å². The van der Waals surface area contributed by atoms with Gasteiger partial charge in [0.05, 0.1) is 33.3 Å². The smallest absolute Gasteiger partial charge is 0.254 e. The Labute approximate surface area is 231 Å². The van der Waals surface area contributed by atoms with Crippen LogP contribution in [0.15, 0.2) is 36.4 Å². The van der Waals surface area contributed by atoms with E-state index < -0.39 is 12.0 Å². The summed E-state index contributed by atoms with van der Waals surface area (Å²) >= 11 is 0. The van der Waals surface area contributed by atoms with Crippen LogP contribution in [0.2, 0.25) is 0 Å². The Morgan fingerprint density at radius 3 is 2.15 bits per heavy atom. The highest BCUT2D eigenvalue weighted by atomic mass is 16.5. The fraction of sp³-hybridized carbons (Fsp3) is 0.548. The Bertz CT molecular complexity index is 1160. The van der Waals surface area contributed by atoms with E-state index in [1.807, 2.05) is 46.2 Å². The van der Waals surface area contributed by atoms with Crippen molar-refractivity contribution in [2.75, 3.05) is 54.1 Å². The second-order valence-electron chi connectivity index (χ2n) is 10.8. The summed E-state index contributed by atoms with van der Waals surface area (Å²) < 4.78 is 16.9. The lowest BCUT2D eigenvalue weighted by molar-refractivity contribution is -0.136. The number of carbonyl (C=O) groups excluding carboxylic acids is 2. The number of hydrogen-bond acceptors (Lipinski definition) is 6. The van der Waals surface area contributed by atoms with E-state index in [4.69, 9.17) is 14.2 Å². The quantitative estimate of drug-likeness (QED) is 0.496. The van der Waals surface area contributed by atoms with Crippen LogP contribution in [-0.2, 0) is 4.79 Å². The summed E-state index contributed by atoms with van der Waals surface area (Å²) in [6.07, 6.45) is 5.92. The van der Waals surface area contributed by atoms with E-state index in [2.05, 4.69) is 11.8 Å². The summed E-state index contributed by atoms with van der Waals surface area (Å²) in [4.78, 5) is 34.8. The van der Waals surface area contributed by atoms with Crippen LogP contribution in [0.3, 0.4) is 0 Å². The second-order valence-corrected chi connectivity index (χ2v) is 10.8. The predicted molar refractivity (Wildman–Crippen MR) is 150 cm³/mol. The van der Waals surface area contributed by atoms with Gasteiger partial charge in [-0.15, -0.1) is 0 Å². The van der Waals surface area contributed by atoms with Crippen molar-refractivity contribution in [3.05, 3.63) is 53.1 Å². The second kappa shape index (κ2) is 11.9. The largest absolute Gasteiger partial charge is 0.493 e. The van der Waals surface area contributed by atoms with Crippen LogP contribution < -0.4 is 14.2 Å². The van der Waals surface area contributed by atoms with Crippen molar-refractivity contribution in [1.82, 2.24) is 14.7 Å². The highest BCUT2D eigenvalue weighted by molar-refractivity contribution is 6.01. The van der Waals surface area contributed by atoms with E-state index in [0.717, 1.165) is 30.6 Å². The van der Waals surface area contributed by atoms with E-state index >= 15 is 0 Å². The van der Waals surface area contributed by atoms with Crippen LogP contribution in [-0.4, -0.2) is 86.6 Å². The van der Waals surface area contributed by atoms with Gasteiger partial charge in [0.2, 0.25) is 11.7 Å². The van der Waals surface area contributed by atoms with Gasteiger partial charge in [-0.3, -0.25) is 14.5 Å². The molecule has 2 aromatic rings. The van der Waals surface area contributed by atoms with E-state index in [0.29, 0.717) is 48.5 Å². The molecule has 210 valence electrons. The van der Waals surface area contributed by atoms with Crippen molar-refractivity contribution in [3.63, 3.8) is 0 Å². The molecular weight excluding hydrogens is 494 g/mol. The molecule has 1 saturated heterocycles. The molecule has 0 N–H and O–H groups in total. The number of amides is 2. The molecule has 2 aliphatic heterocycles. The van der Waals surface area contributed by atoms with Crippen LogP contribution in [0.25, 0.3) is 0 Å². The maximum absolute atomic E-state index is 14.5. The number of ether oxygens (including phenoxy) is 3. The Morgan fingerprint density at radius 1 is 0.923 bits per heavy atom. The van der Waals surface area contributed by atoms with Gasteiger partial charge in [0.1, 0.15) is 0 Å². The van der Waals surface area contributed by atoms with Crippen molar-refractivity contribution in [3.8, 4) is 17.2 Å². The first-order valence-corrected chi connectivity index (χ1v) is 14.2. The number of nitrogens with zero attached hydrogens (tertiary/aromatic N) is 3. The molecule has 1 aliphatic carbocycles. The van der Waals surface area contributed by atoms with Gasteiger partial charge in [0.15, 0.2) is 11.5 Å². The van der Waals surface area contributed by atoms with Gasteiger partial charge >= 0.3 is 0 Å². The first-order chi connectivity index (χ1) is 19.0. The minimum atomic E-state index is -0.536. The van der Waals surface area contributed by atoms with E-state index in [9.17, 15) is 9.59 Å². The maximum Gasteiger partial charge on any atom is 0.254 e. The summed E-state index contributed by atoms with van der Waals surface area (Å²) in [5, 5.41) is 0. The third-order valence-corrected chi connectivity index (χ3v) is 8.66. The fourth-order valence-corrected chi connectivity index (χ4v) is 6.76. The number of piperazine rings is 1. The molecule has 0 unspecified atom stereocenters. The molecule has 0 aromatic heterocycles. The monoisotopic (exact) mass is 535 g/mol. The Balaban J connectivity index is 1.56. The Hall–Kier alpha value is -3.26. The molecule has 2 heterocycles. The van der Waals surface area contributed by atoms with Crippen LogP contribution >= 0.6 is 0 Å². The molecule has 2 aromatic carbocycles. The van der Waals surface area contributed by atoms with Crippen LogP contribution in [0.5, 0.6) is 17.2 Å². The van der Waals surface area contributed by atoms with Gasteiger partial charge in [0.25, 0.3) is 5.91 Å². The number of rotatable bonds is 8. The highest BCUT2D eigenvalue weighted by Gasteiger charge is 2.46. The lowest BCUT2D eigenvalue weighted by atomic mass is 9.78. The van der Waals surface area contributed by atoms with Gasteiger partial charge in [0, 0.05) is 44.3 Å². The standard InChI is InChI=1S/C31H41N3O5/c1-5-14-34-28(21-19-25(37-2)29(39-4)26(20-21)38-3)27(23-12-8-9-13-24(23)30(34)35)31(36)33-17-15-32(16-18-33)22-10-6-7-11-22/h8-9,12-13,19-20,22,27-28H,5-7,10-11,14-18H2,1-4H3/t27-,28-/m1/s1. The lowest BCUT2D eigenvalue weighted by Gasteiger charge is -2.45. The summed E-state index contributed by atoms with van der Waals surface area (Å²) in [6, 6.07) is 11.5. The fourth-order valence-electron chi connectivity index (χ4n) is 6.76. The van der Waals surface area contributed by atoms with Crippen LogP contribution in [0, 0.1) is 0 Å². The number of carbonyl (C=O) groups is 2. The highest BCUT2D eigenvalue weighted by Crippen LogP contribution is 2.48. The molecule has 3 aliphatic rings. The van der Waals surface area contributed by atoms with Gasteiger partial charge in [-0.05, 0) is 48.6 Å². The molecule has 2 amide bonds. The maximum atomic E-state index is 14.5. The third kappa shape index (κ3) is 5.07. The number of hydrogen-bond donors (Lipinski definition) is 0. The lowest BCUT2D eigenvalue weighted by Crippen LogP contribution is -2.54. The van der Waals surface area contributed by atoms with Crippen molar-refractivity contribution in [2.45, 2.75) is 57.0 Å².